The normalized spacial score (nSPS) is 14.1. The first-order valence-corrected chi connectivity index (χ1v) is 9.28. The van der Waals surface area contributed by atoms with Gasteiger partial charge in [-0.05, 0) is 43.9 Å². The molecule has 3 rings (SSSR count). The van der Waals surface area contributed by atoms with Gasteiger partial charge in [0.05, 0.1) is 13.2 Å². The molecular weight excluding hydrogens is 348 g/mol. The summed E-state index contributed by atoms with van der Waals surface area (Å²) in [6.45, 7) is 4.89. The van der Waals surface area contributed by atoms with Gasteiger partial charge in [0.2, 0.25) is 5.91 Å². The molecule has 0 spiro atoms. The van der Waals surface area contributed by atoms with E-state index in [1.165, 1.54) is 11.0 Å². The Kier molecular flexibility index (Phi) is 5.78. The zero-order chi connectivity index (χ0) is 19.4. The number of carbonyl (C=O) groups excluding carboxylic acids is 2. The molecule has 1 aromatic carbocycles. The quantitative estimate of drug-likeness (QED) is 0.437. The molecule has 0 unspecified atom stereocenters. The van der Waals surface area contributed by atoms with Crippen LogP contribution >= 0.6 is 0 Å². The topological polar surface area (TPSA) is 88.9 Å². The number of benzene rings is 1. The van der Waals surface area contributed by atoms with Crippen LogP contribution in [0, 0.1) is 6.92 Å². The first-order chi connectivity index (χ1) is 13.0. The summed E-state index contributed by atoms with van der Waals surface area (Å²) in [5.74, 6) is 0.527. The first-order valence-electron chi connectivity index (χ1n) is 9.28. The molecule has 3 amide bonds. The molecule has 1 N–H and O–H groups in total. The van der Waals surface area contributed by atoms with Gasteiger partial charge in [0, 0.05) is 23.6 Å². The van der Waals surface area contributed by atoms with Crippen molar-refractivity contribution in [3.63, 3.8) is 0 Å². The van der Waals surface area contributed by atoms with E-state index in [0.717, 1.165) is 29.4 Å². The smallest absolute Gasteiger partial charge is 0.336 e. The number of nitrogens with one attached hydrogen (secondary N) is 1. The highest BCUT2D eigenvalue weighted by Crippen LogP contribution is 2.30. The molecule has 0 aliphatic carbocycles. The lowest BCUT2D eigenvalue weighted by molar-refractivity contribution is -0.125. The van der Waals surface area contributed by atoms with Crippen molar-refractivity contribution < 1.29 is 18.7 Å². The third-order valence-corrected chi connectivity index (χ3v) is 4.65. The molecule has 0 radical (unpaired) electrons. The number of imide groups is 1. The van der Waals surface area contributed by atoms with Gasteiger partial charge in [-0.15, -0.1) is 0 Å². The maximum Gasteiger partial charge on any atom is 0.336 e. The minimum Gasteiger partial charge on any atom is -0.493 e. The standard InChI is InChI=1S/C20H24N2O5/c1-3-6-15-16(8-7-14-13(2)11-18(24)27-19(14)15)26-10-5-4-9-22-17(23)12-21-20(22)25/h7-8,11H,3-6,9-10,12H2,1-2H3,(H,21,25). The number of nitrogens with zero attached hydrogens (tertiary/aromatic N) is 1. The molecule has 7 heteroatoms. The summed E-state index contributed by atoms with van der Waals surface area (Å²) < 4.78 is 11.4. The number of urea groups is 1. The highest BCUT2D eigenvalue weighted by molar-refractivity contribution is 6.01. The van der Waals surface area contributed by atoms with Crippen LogP contribution in [-0.2, 0) is 11.2 Å². The zero-order valence-corrected chi connectivity index (χ0v) is 15.7. The number of aryl methyl sites for hydroxylation is 2. The van der Waals surface area contributed by atoms with E-state index < -0.39 is 0 Å². The lowest BCUT2D eigenvalue weighted by atomic mass is 10.0. The number of unbranched alkanes of at least 4 members (excludes halogenated alkanes) is 1. The molecule has 1 saturated heterocycles. The number of amides is 3. The van der Waals surface area contributed by atoms with Crippen molar-refractivity contribution in [3.8, 4) is 5.75 Å². The summed E-state index contributed by atoms with van der Waals surface area (Å²) in [6, 6.07) is 4.99. The second-order valence-electron chi connectivity index (χ2n) is 6.68. The van der Waals surface area contributed by atoms with Gasteiger partial charge in [-0.1, -0.05) is 13.3 Å². The molecule has 2 aromatic rings. The molecule has 1 fully saturated rings. The van der Waals surface area contributed by atoms with Crippen molar-refractivity contribution in [2.24, 2.45) is 0 Å². The highest BCUT2D eigenvalue weighted by Gasteiger charge is 2.27. The fraction of sp³-hybridized carbons (Fsp3) is 0.450. The fourth-order valence-corrected chi connectivity index (χ4v) is 3.28. The van der Waals surface area contributed by atoms with Crippen LogP contribution in [-0.4, -0.2) is 36.5 Å². The van der Waals surface area contributed by atoms with E-state index in [-0.39, 0.29) is 24.1 Å². The number of ether oxygens (including phenoxy) is 1. The Morgan fingerprint density at radius 3 is 2.74 bits per heavy atom. The van der Waals surface area contributed by atoms with Gasteiger partial charge in [0.1, 0.15) is 11.3 Å². The highest BCUT2D eigenvalue weighted by atomic mass is 16.5. The monoisotopic (exact) mass is 372 g/mol. The SMILES string of the molecule is CCCc1c(OCCCCN2C(=O)CNC2=O)ccc2c(C)cc(=O)oc12. The third-order valence-electron chi connectivity index (χ3n) is 4.65. The molecule has 0 saturated carbocycles. The summed E-state index contributed by atoms with van der Waals surface area (Å²) in [5.41, 5.74) is 2.03. The van der Waals surface area contributed by atoms with Gasteiger partial charge < -0.3 is 14.5 Å². The number of hydrogen-bond acceptors (Lipinski definition) is 5. The lowest BCUT2D eigenvalue weighted by Gasteiger charge is -2.15. The van der Waals surface area contributed by atoms with Crippen LogP contribution in [0.5, 0.6) is 5.75 Å². The molecule has 144 valence electrons. The Hall–Kier alpha value is -2.83. The third kappa shape index (κ3) is 4.13. The second-order valence-corrected chi connectivity index (χ2v) is 6.68. The van der Waals surface area contributed by atoms with Crippen molar-refractivity contribution >= 4 is 22.9 Å². The molecule has 7 nitrogen and oxygen atoms in total. The molecule has 27 heavy (non-hydrogen) atoms. The van der Waals surface area contributed by atoms with E-state index in [2.05, 4.69) is 12.2 Å². The van der Waals surface area contributed by atoms with E-state index in [1.807, 2.05) is 19.1 Å². The van der Waals surface area contributed by atoms with Gasteiger partial charge in [0.25, 0.3) is 0 Å². The Morgan fingerprint density at radius 1 is 1.22 bits per heavy atom. The molecule has 1 aliphatic heterocycles. The number of hydrogen-bond donors (Lipinski definition) is 1. The van der Waals surface area contributed by atoms with Gasteiger partial charge >= 0.3 is 11.7 Å². The van der Waals surface area contributed by atoms with Crippen LogP contribution in [0.15, 0.2) is 27.4 Å². The molecule has 1 aliphatic rings. The van der Waals surface area contributed by atoms with Crippen molar-refractivity contribution in [2.45, 2.75) is 39.5 Å². The van der Waals surface area contributed by atoms with Crippen molar-refractivity contribution in [3.05, 3.63) is 39.7 Å². The van der Waals surface area contributed by atoms with Crippen LogP contribution in [0.4, 0.5) is 4.79 Å². The molecule has 2 heterocycles. The molecule has 1 aromatic heterocycles. The average Bonchev–Trinajstić information content (AvgIpc) is 2.95. The fourth-order valence-electron chi connectivity index (χ4n) is 3.28. The summed E-state index contributed by atoms with van der Waals surface area (Å²) in [4.78, 5) is 36.0. The van der Waals surface area contributed by atoms with E-state index >= 15 is 0 Å². The lowest BCUT2D eigenvalue weighted by Crippen LogP contribution is -2.32. The summed E-state index contributed by atoms with van der Waals surface area (Å²) in [6.07, 6.45) is 3.03. The minimum absolute atomic E-state index is 0.0808. The van der Waals surface area contributed by atoms with Crippen LogP contribution in [0.2, 0.25) is 0 Å². The largest absolute Gasteiger partial charge is 0.493 e. The van der Waals surface area contributed by atoms with Crippen LogP contribution in [0.1, 0.15) is 37.3 Å². The summed E-state index contributed by atoms with van der Waals surface area (Å²) >= 11 is 0. The van der Waals surface area contributed by atoms with Gasteiger partial charge in [-0.25, -0.2) is 9.59 Å². The number of fused-ring (bicyclic) bond motifs is 1. The Morgan fingerprint density at radius 2 is 2.04 bits per heavy atom. The Labute approximate surface area is 157 Å². The Bertz CT molecular complexity index is 902. The predicted octanol–water partition coefficient (Wildman–Crippen LogP) is 2.76. The van der Waals surface area contributed by atoms with Gasteiger partial charge in [0.15, 0.2) is 0 Å². The average molecular weight is 372 g/mol. The summed E-state index contributed by atoms with van der Waals surface area (Å²) in [7, 11) is 0. The van der Waals surface area contributed by atoms with Gasteiger partial charge in [-0.2, -0.15) is 0 Å². The molecule has 0 atom stereocenters. The molecular formula is C20H24N2O5. The maximum atomic E-state index is 11.8. The first kappa shape index (κ1) is 18.9. The number of rotatable bonds is 8. The maximum absolute atomic E-state index is 11.8. The van der Waals surface area contributed by atoms with E-state index in [4.69, 9.17) is 9.15 Å². The number of carbonyl (C=O) groups is 2. The van der Waals surface area contributed by atoms with Gasteiger partial charge in [-0.3, -0.25) is 9.69 Å². The van der Waals surface area contributed by atoms with Crippen LogP contribution in [0.3, 0.4) is 0 Å². The van der Waals surface area contributed by atoms with Crippen LogP contribution < -0.4 is 15.7 Å². The van der Waals surface area contributed by atoms with E-state index in [9.17, 15) is 14.4 Å². The van der Waals surface area contributed by atoms with E-state index in [0.29, 0.717) is 37.3 Å². The molecule has 0 bridgehead atoms. The minimum atomic E-state index is -0.358. The predicted molar refractivity (Wildman–Crippen MR) is 101 cm³/mol. The van der Waals surface area contributed by atoms with Crippen molar-refractivity contribution in [1.82, 2.24) is 10.2 Å². The van der Waals surface area contributed by atoms with E-state index in [1.54, 1.807) is 0 Å². The van der Waals surface area contributed by atoms with Crippen molar-refractivity contribution in [2.75, 3.05) is 19.7 Å². The Balaban J connectivity index is 1.66. The van der Waals surface area contributed by atoms with Crippen molar-refractivity contribution in [1.29, 1.82) is 0 Å². The zero-order valence-electron chi connectivity index (χ0n) is 15.7. The second kappa shape index (κ2) is 8.24. The summed E-state index contributed by atoms with van der Waals surface area (Å²) in [5, 5.41) is 3.42. The van der Waals surface area contributed by atoms with Crippen LogP contribution in [0.25, 0.3) is 11.0 Å².